The summed E-state index contributed by atoms with van der Waals surface area (Å²) < 4.78 is 0. The third-order valence-electron chi connectivity index (χ3n) is 3.26. The van der Waals surface area contributed by atoms with Gasteiger partial charge in [-0.15, -0.1) is 0 Å². The molecule has 0 saturated heterocycles. The van der Waals surface area contributed by atoms with Gasteiger partial charge in [0.25, 0.3) is 0 Å². The van der Waals surface area contributed by atoms with Gasteiger partial charge in [0.15, 0.2) is 0 Å². The fourth-order valence-electron chi connectivity index (χ4n) is 2.27. The Bertz CT molecular complexity index is 442. The predicted octanol–water partition coefficient (Wildman–Crippen LogP) is 2.83. The van der Waals surface area contributed by atoms with Crippen LogP contribution < -0.4 is 5.32 Å². The van der Waals surface area contributed by atoms with Crippen molar-refractivity contribution in [2.24, 2.45) is 5.92 Å². The zero-order valence-corrected chi connectivity index (χ0v) is 10.2. The first kappa shape index (κ1) is 12.2. The quantitative estimate of drug-likeness (QED) is 0.867. The van der Waals surface area contributed by atoms with E-state index >= 15 is 0 Å². The minimum absolute atomic E-state index is 0.103. The molecule has 0 aliphatic heterocycles. The molecule has 17 heavy (non-hydrogen) atoms. The normalized spacial score (nSPS) is 23.5. The molecular weight excluding hydrogens is 236 g/mol. The molecule has 3 nitrogen and oxygen atoms in total. The van der Waals surface area contributed by atoms with Crippen molar-refractivity contribution in [2.75, 3.05) is 0 Å². The standard InChI is InChI=1S/C13H15ClN2O/c14-11-6-9(4-5-13(11)17)8-16-12-3-1-2-10(12)7-15/h4-6,10,12,16-17H,1-3,8H2. The molecule has 90 valence electrons. The van der Waals surface area contributed by atoms with E-state index < -0.39 is 0 Å². The van der Waals surface area contributed by atoms with Crippen LogP contribution in [-0.4, -0.2) is 11.1 Å². The average molecular weight is 251 g/mol. The van der Waals surface area contributed by atoms with Crippen LogP contribution in [0.4, 0.5) is 0 Å². The first-order valence-electron chi connectivity index (χ1n) is 5.81. The van der Waals surface area contributed by atoms with Crippen molar-refractivity contribution >= 4 is 11.6 Å². The van der Waals surface area contributed by atoms with Crippen molar-refractivity contribution in [1.82, 2.24) is 5.32 Å². The van der Waals surface area contributed by atoms with Crippen LogP contribution in [0.3, 0.4) is 0 Å². The number of phenolic OH excluding ortho intramolecular Hbond substituents is 1. The summed E-state index contributed by atoms with van der Waals surface area (Å²) in [4.78, 5) is 0. The Kier molecular flexibility index (Phi) is 3.88. The molecule has 0 radical (unpaired) electrons. The molecule has 0 spiro atoms. The number of hydrogen-bond acceptors (Lipinski definition) is 3. The SMILES string of the molecule is N#CC1CCCC1NCc1ccc(O)c(Cl)c1. The Morgan fingerprint density at radius 1 is 1.47 bits per heavy atom. The number of nitrogens with zero attached hydrogens (tertiary/aromatic N) is 1. The van der Waals surface area contributed by atoms with Gasteiger partial charge in [-0.3, -0.25) is 0 Å². The monoisotopic (exact) mass is 250 g/mol. The first-order valence-corrected chi connectivity index (χ1v) is 6.19. The van der Waals surface area contributed by atoms with Crippen LogP contribution in [-0.2, 0) is 6.54 Å². The van der Waals surface area contributed by atoms with Gasteiger partial charge >= 0.3 is 0 Å². The van der Waals surface area contributed by atoms with Crippen molar-refractivity contribution in [2.45, 2.75) is 31.8 Å². The molecule has 0 heterocycles. The summed E-state index contributed by atoms with van der Waals surface area (Å²) in [5.41, 5.74) is 1.02. The van der Waals surface area contributed by atoms with Gasteiger partial charge in [-0.05, 0) is 30.5 Å². The number of hydrogen-bond donors (Lipinski definition) is 2. The lowest BCUT2D eigenvalue weighted by atomic mass is 10.1. The Hall–Kier alpha value is -1.24. The zero-order chi connectivity index (χ0) is 12.3. The maximum atomic E-state index is 9.31. The van der Waals surface area contributed by atoms with E-state index in [1.54, 1.807) is 12.1 Å². The second kappa shape index (κ2) is 5.39. The van der Waals surface area contributed by atoms with Crippen molar-refractivity contribution in [3.05, 3.63) is 28.8 Å². The summed E-state index contributed by atoms with van der Waals surface area (Å²) in [5.74, 6) is 0.230. The molecule has 1 aromatic rings. The van der Waals surface area contributed by atoms with E-state index in [0.717, 1.165) is 24.8 Å². The van der Waals surface area contributed by atoms with Gasteiger partial charge in [0.1, 0.15) is 5.75 Å². The van der Waals surface area contributed by atoms with E-state index in [1.807, 2.05) is 6.07 Å². The predicted molar refractivity (Wildman–Crippen MR) is 66.7 cm³/mol. The molecule has 1 aliphatic rings. The second-order valence-corrected chi connectivity index (χ2v) is 4.85. The van der Waals surface area contributed by atoms with E-state index in [-0.39, 0.29) is 17.7 Å². The fraction of sp³-hybridized carbons (Fsp3) is 0.462. The number of benzene rings is 1. The molecule has 2 rings (SSSR count). The molecule has 4 heteroatoms. The van der Waals surface area contributed by atoms with Gasteiger partial charge in [0.05, 0.1) is 17.0 Å². The third kappa shape index (κ3) is 2.91. The molecule has 0 bridgehead atoms. The second-order valence-electron chi connectivity index (χ2n) is 4.44. The molecule has 0 aromatic heterocycles. The summed E-state index contributed by atoms with van der Waals surface area (Å²) in [7, 11) is 0. The molecule has 0 amide bonds. The third-order valence-corrected chi connectivity index (χ3v) is 3.56. The highest BCUT2D eigenvalue weighted by Gasteiger charge is 2.26. The highest BCUT2D eigenvalue weighted by molar-refractivity contribution is 6.32. The molecule has 2 atom stereocenters. The van der Waals surface area contributed by atoms with Gasteiger partial charge < -0.3 is 10.4 Å². The summed E-state index contributed by atoms with van der Waals surface area (Å²) in [6.45, 7) is 0.683. The first-order chi connectivity index (χ1) is 8.20. The Balaban J connectivity index is 1.93. The summed E-state index contributed by atoms with van der Waals surface area (Å²) in [6.07, 6.45) is 3.17. The van der Waals surface area contributed by atoms with Crippen molar-refractivity contribution in [3.8, 4) is 11.8 Å². The number of rotatable bonds is 3. The minimum atomic E-state index is 0.103. The van der Waals surface area contributed by atoms with Gasteiger partial charge in [-0.1, -0.05) is 24.1 Å². The molecule has 2 unspecified atom stereocenters. The molecule has 1 aliphatic carbocycles. The lowest BCUT2D eigenvalue weighted by molar-refractivity contribution is 0.462. The fourth-order valence-corrected chi connectivity index (χ4v) is 2.47. The van der Waals surface area contributed by atoms with Crippen molar-refractivity contribution in [3.63, 3.8) is 0 Å². The highest BCUT2D eigenvalue weighted by Crippen LogP contribution is 2.26. The Morgan fingerprint density at radius 3 is 3.00 bits per heavy atom. The van der Waals surface area contributed by atoms with E-state index in [4.69, 9.17) is 16.9 Å². The van der Waals surface area contributed by atoms with E-state index in [0.29, 0.717) is 11.6 Å². The van der Waals surface area contributed by atoms with Crippen LogP contribution in [0.15, 0.2) is 18.2 Å². The van der Waals surface area contributed by atoms with E-state index in [9.17, 15) is 5.11 Å². The maximum Gasteiger partial charge on any atom is 0.134 e. The smallest absolute Gasteiger partial charge is 0.134 e. The van der Waals surface area contributed by atoms with Gasteiger partial charge in [0.2, 0.25) is 0 Å². The lowest BCUT2D eigenvalue weighted by Crippen LogP contribution is -2.31. The van der Waals surface area contributed by atoms with E-state index in [1.165, 1.54) is 0 Å². The highest BCUT2D eigenvalue weighted by atomic mass is 35.5. The molecule has 1 aromatic carbocycles. The molecule has 2 N–H and O–H groups in total. The number of nitrogens with one attached hydrogen (secondary N) is 1. The van der Waals surface area contributed by atoms with Gasteiger partial charge in [-0.2, -0.15) is 5.26 Å². The maximum absolute atomic E-state index is 9.31. The lowest BCUT2D eigenvalue weighted by Gasteiger charge is -2.15. The number of aromatic hydroxyl groups is 1. The van der Waals surface area contributed by atoms with Crippen LogP contribution in [0.25, 0.3) is 0 Å². The van der Waals surface area contributed by atoms with Gasteiger partial charge in [0, 0.05) is 12.6 Å². The van der Waals surface area contributed by atoms with Crippen LogP contribution in [0.5, 0.6) is 5.75 Å². The largest absolute Gasteiger partial charge is 0.506 e. The van der Waals surface area contributed by atoms with Crippen molar-refractivity contribution < 1.29 is 5.11 Å². The molecule has 1 fully saturated rings. The minimum Gasteiger partial charge on any atom is -0.506 e. The number of phenols is 1. The van der Waals surface area contributed by atoms with E-state index in [2.05, 4.69) is 11.4 Å². The summed E-state index contributed by atoms with van der Waals surface area (Å²) >= 11 is 5.84. The van der Waals surface area contributed by atoms with Crippen LogP contribution in [0, 0.1) is 17.2 Å². The molecule has 1 saturated carbocycles. The summed E-state index contributed by atoms with van der Waals surface area (Å²) in [5, 5.41) is 22.0. The van der Waals surface area contributed by atoms with Crippen molar-refractivity contribution in [1.29, 1.82) is 5.26 Å². The Morgan fingerprint density at radius 2 is 2.29 bits per heavy atom. The Labute approximate surface area is 106 Å². The number of nitriles is 1. The molecular formula is C13H15ClN2O. The number of halogens is 1. The summed E-state index contributed by atoms with van der Waals surface area (Å²) in [6, 6.07) is 7.81. The average Bonchev–Trinajstić information content (AvgIpc) is 2.78. The van der Waals surface area contributed by atoms with Crippen LogP contribution in [0.1, 0.15) is 24.8 Å². The van der Waals surface area contributed by atoms with Crippen LogP contribution >= 0.6 is 11.6 Å². The zero-order valence-electron chi connectivity index (χ0n) is 9.49. The van der Waals surface area contributed by atoms with Crippen LogP contribution in [0.2, 0.25) is 5.02 Å². The topological polar surface area (TPSA) is 56.0 Å². The van der Waals surface area contributed by atoms with Gasteiger partial charge in [-0.25, -0.2) is 0 Å².